The van der Waals surface area contributed by atoms with Gasteiger partial charge < -0.3 is 14.2 Å². The van der Waals surface area contributed by atoms with Crippen LogP contribution in [0.1, 0.15) is 265 Å². The van der Waals surface area contributed by atoms with Gasteiger partial charge in [0.05, 0.1) is 0 Å². The lowest BCUT2D eigenvalue weighted by Gasteiger charge is -2.18. The summed E-state index contributed by atoms with van der Waals surface area (Å²) in [6, 6.07) is 0. The summed E-state index contributed by atoms with van der Waals surface area (Å²) >= 11 is 0. The molecule has 1 atom stereocenters. The molecular formula is C77H120O6. The molecule has 1 unspecified atom stereocenters. The van der Waals surface area contributed by atoms with Gasteiger partial charge in [-0.1, -0.05) is 287 Å². The summed E-state index contributed by atoms with van der Waals surface area (Å²) in [5, 5.41) is 0. The SMILES string of the molecule is CC/C=C\C/C=C\C/C=C\C/C=C\C/C=C\C/C=C\C/C=C\C/C=C\CCCCCCCCC(=O)OCC(COC(=O)CCCCCCC)OC(=O)CCCCCCCCC/C=C\C/C=C\C/C=C\C/C=C\C/C=C\C/C=C\C/C=C\CC. The fourth-order valence-corrected chi connectivity index (χ4v) is 8.50. The number of unbranched alkanes of at least 4 members (excludes halogenated alkanes) is 17. The predicted octanol–water partition coefficient (Wildman–Crippen LogP) is 23.2. The van der Waals surface area contributed by atoms with Crippen molar-refractivity contribution in [3.05, 3.63) is 182 Å². The molecule has 0 N–H and O–H groups in total. The summed E-state index contributed by atoms with van der Waals surface area (Å²) in [5.41, 5.74) is 0. The minimum atomic E-state index is -0.798. The molecule has 0 spiro atoms. The first kappa shape index (κ1) is 77.5. The van der Waals surface area contributed by atoms with Crippen LogP contribution in [-0.4, -0.2) is 37.2 Å². The highest BCUT2D eigenvalue weighted by atomic mass is 16.6. The van der Waals surface area contributed by atoms with Gasteiger partial charge in [0.1, 0.15) is 13.2 Å². The molecule has 0 aromatic rings. The van der Waals surface area contributed by atoms with Gasteiger partial charge in [0, 0.05) is 19.3 Å². The number of rotatable bonds is 58. The Labute approximate surface area is 510 Å². The number of allylic oxidation sites excluding steroid dienone is 30. The average molecular weight is 1140 g/mol. The molecule has 0 aliphatic carbocycles. The molecule has 0 aromatic carbocycles. The lowest BCUT2D eigenvalue weighted by Crippen LogP contribution is -2.30. The second-order valence-corrected chi connectivity index (χ2v) is 21.3. The summed E-state index contributed by atoms with van der Waals surface area (Å²) in [6.07, 6.45) is 104. The van der Waals surface area contributed by atoms with E-state index in [4.69, 9.17) is 14.2 Å². The summed E-state index contributed by atoms with van der Waals surface area (Å²) in [7, 11) is 0. The number of hydrogen-bond acceptors (Lipinski definition) is 6. The van der Waals surface area contributed by atoms with Crippen LogP contribution in [0.2, 0.25) is 0 Å². The molecule has 0 saturated carbocycles. The summed E-state index contributed by atoms with van der Waals surface area (Å²) in [5.74, 6) is -0.943. The number of hydrogen-bond donors (Lipinski definition) is 0. The fraction of sp³-hybridized carbons (Fsp3) is 0.571. The van der Waals surface area contributed by atoms with Crippen molar-refractivity contribution >= 4 is 17.9 Å². The first-order valence-electron chi connectivity index (χ1n) is 33.3. The van der Waals surface area contributed by atoms with Gasteiger partial charge in [-0.25, -0.2) is 0 Å². The molecule has 0 aromatic heterocycles. The van der Waals surface area contributed by atoms with Crippen LogP contribution in [0.5, 0.6) is 0 Å². The standard InChI is InChI=1S/C77H120O6/c1-4-7-10-13-15-17-19-21-23-25-27-29-31-33-35-37-38-40-41-43-45-47-49-51-53-55-57-59-61-64-67-70-76(79)82-73-74(72-81-75(78)69-66-63-12-9-6-3)83-77(80)71-68-65-62-60-58-56-54-52-50-48-46-44-42-39-36-34-32-30-28-26-24-22-20-18-16-14-11-8-5-2/h7-8,10-11,15-18,21-24,27-30,33-36,38,40,42-45,48-51,74H,4-6,9,12-14,19-20,25-26,31-32,37,39,41,46-47,52-73H2,1-3H3/b10-7-,11-8-,17-15-,18-16-,23-21-,24-22-,29-27-,30-28-,35-33-,36-34-,40-38-,44-42-,45-43-,50-48-,51-49-. The zero-order valence-electron chi connectivity index (χ0n) is 53.1. The van der Waals surface area contributed by atoms with Crippen molar-refractivity contribution in [1.29, 1.82) is 0 Å². The van der Waals surface area contributed by atoms with Crippen LogP contribution in [0.3, 0.4) is 0 Å². The summed E-state index contributed by atoms with van der Waals surface area (Å²) in [6.45, 7) is 6.29. The van der Waals surface area contributed by atoms with E-state index in [9.17, 15) is 14.4 Å². The van der Waals surface area contributed by atoms with E-state index in [1.165, 1.54) is 32.1 Å². The number of carbonyl (C=O) groups is 3. The Morgan fingerprint density at radius 1 is 0.253 bits per heavy atom. The van der Waals surface area contributed by atoms with Crippen LogP contribution in [-0.2, 0) is 28.6 Å². The highest BCUT2D eigenvalue weighted by Crippen LogP contribution is 2.14. The van der Waals surface area contributed by atoms with Gasteiger partial charge in [-0.2, -0.15) is 0 Å². The van der Waals surface area contributed by atoms with E-state index in [1.807, 2.05) is 0 Å². The minimum absolute atomic E-state index is 0.0958. The Morgan fingerprint density at radius 2 is 0.470 bits per heavy atom. The van der Waals surface area contributed by atoms with Crippen molar-refractivity contribution in [3.63, 3.8) is 0 Å². The second-order valence-electron chi connectivity index (χ2n) is 21.3. The zero-order valence-corrected chi connectivity index (χ0v) is 53.1. The van der Waals surface area contributed by atoms with E-state index < -0.39 is 6.10 Å². The van der Waals surface area contributed by atoms with Crippen molar-refractivity contribution in [2.24, 2.45) is 0 Å². The van der Waals surface area contributed by atoms with E-state index in [0.717, 1.165) is 193 Å². The van der Waals surface area contributed by atoms with E-state index in [0.29, 0.717) is 19.3 Å². The Bertz CT molecular complexity index is 1940. The van der Waals surface area contributed by atoms with Crippen molar-refractivity contribution in [3.8, 4) is 0 Å². The van der Waals surface area contributed by atoms with Crippen LogP contribution in [0.15, 0.2) is 182 Å². The Balaban J connectivity index is 4.16. The molecule has 6 nitrogen and oxygen atoms in total. The van der Waals surface area contributed by atoms with Crippen molar-refractivity contribution in [2.45, 2.75) is 271 Å². The smallest absolute Gasteiger partial charge is 0.306 e. The van der Waals surface area contributed by atoms with Crippen LogP contribution >= 0.6 is 0 Å². The lowest BCUT2D eigenvalue weighted by molar-refractivity contribution is -0.167. The third-order valence-electron chi connectivity index (χ3n) is 13.4. The minimum Gasteiger partial charge on any atom is -0.462 e. The molecule has 0 saturated heterocycles. The lowest BCUT2D eigenvalue weighted by atomic mass is 10.1. The Morgan fingerprint density at radius 3 is 0.735 bits per heavy atom. The maximum absolute atomic E-state index is 12.8. The van der Waals surface area contributed by atoms with Gasteiger partial charge in [-0.3, -0.25) is 14.4 Å². The fourth-order valence-electron chi connectivity index (χ4n) is 8.50. The summed E-state index contributed by atoms with van der Waals surface area (Å²) in [4.78, 5) is 38.0. The number of carbonyl (C=O) groups excluding carboxylic acids is 3. The maximum atomic E-state index is 12.8. The highest BCUT2D eigenvalue weighted by Gasteiger charge is 2.19. The van der Waals surface area contributed by atoms with Gasteiger partial charge in [0.2, 0.25) is 0 Å². The van der Waals surface area contributed by atoms with Crippen molar-refractivity contribution in [1.82, 2.24) is 0 Å². The molecule has 0 rings (SSSR count). The topological polar surface area (TPSA) is 78.9 Å². The normalized spacial score (nSPS) is 13.3. The molecule has 6 heteroatoms. The maximum Gasteiger partial charge on any atom is 0.306 e. The van der Waals surface area contributed by atoms with E-state index in [-0.39, 0.29) is 31.1 Å². The van der Waals surface area contributed by atoms with Crippen molar-refractivity contribution < 1.29 is 28.6 Å². The van der Waals surface area contributed by atoms with Gasteiger partial charge in [-0.05, 0) is 141 Å². The summed E-state index contributed by atoms with van der Waals surface area (Å²) < 4.78 is 16.8. The highest BCUT2D eigenvalue weighted by molar-refractivity contribution is 5.71. The monoisotopic (exact) mass is 1140 g/mol. The number of esters is 3. The van der Waals surface area contributed by atoms with Crippen LogP contribution in [0, 0.1) is 0 Å². The average Bonchev–Trinajstić information content (AvgIpc) is 3.49. The van der Waals surface area contributed by atoms with Gasteiger partial charge in [0.25, 0.3) is 0 Å². The second kappa shape index (κ2) is 69.0. The molecular weight excluding hydrogens is 1020 g/mol. The molecule has 83 heavy (non-hydrogen) atoms. The molecule has 0 radical (unpaired) electrons. The molecule has 0 fully saturated rings. The van der Waals surface area contributed by atoms with Crippen LogP contribution in [0.4, 0.5) is 0 Å². The molecule has 0 heterocycles. The molecule has 464 valence electrons. The third-order valence-corrected chi connectivity index (χ3v) is 13.4. The van der Waals surface area contributed by atoms with Gasteiger partial charge in [0.15, 0.2) is 6.10 Å². The van der Waals surface area contributed by atoms with E-state index >= 15 is 0 Å². The Kier molecular flexibility index (Phi) is 64.4. The molecule has 0 amide bonds. The quantitative estimate of drug-likeness (QED) is 0.0261. The largest absolute Gasteiger partial charge is 0.462 e. The first-order valence-corrected chi connectivity index (χ1v) is 33.3. The number of ether oxygens (including phenoxy) is 3. The van der Waals surface area contributed by atoms with Crippen LogP contribution in [0.25, 0.3) is 0 Å². The Hall–Kier alpha value is -5.49. The third kappa shape index (κ3) is 67.2. The van der Waals surface area contributed by atoms with E-state index in [1.54, 1.807) is 0 Å². The zero-order chi connectivity index (χ0) is 59.9. The van der Waals surface area contributed by atoms with Gasteiger partial charge >= 0.3 is 17.9 Å². The van der Waals surface area contributed by atoms with Crippen LogP contribution < -0.4 is 0 Å². The van der Waals surface area contributed by atoms with Gasteiger partial charge in [-0.15, -0.1) is 0 Å². The van der Waals surface area contributed by atoms with Crippen molar-refractivity contribution in [2.75, 3.05) is 13.2 Å². The molecule has 0 bridgehead atoms. The first-order chi connectivity index (χ1) is 41.0. The van der Waals surface area contributed by atoms with E-state index in [2.05, 4.69) is 203 Å². The molecule has 0 aliphatic rings. The molecule has 0 aliphatic heterocycles. The predicted molar refractivity (Wildman–Crippen MR) is 361 cm³/mol.